The smallest absolute Gasteiger partial charge is 0.252 e. The zero-order valence-corrected chi connectivity index (χ0v) is 45.0. The molecule has 78 heavy (non-hydrogen) atoms. The number of hydrogen-bond acceptors (Lipinski definition) is 1. The van der Waals surface area contributed by atoms with Gasteiger partial charge in [0, 0.05) is 55.4 Å². The van der Waals surface area contributed by atoms with Crippen LogP contribution in [0.1, 0.15) is 52.7 Å². The standard InChI is InChI=1S/C74H58BN3/c1-73(2,3)54-36-38-66-59(42-54)61-43-55(74(4,5)6)44-63-72(61)78(66)70-41-53(49-25-15-9-16-26-49)40-69-71(70)75(63)62-46-67-60(58-39-52(48-23-13-8-14-24-48)35-37-65(58)76(67)56-27-17-10-18-28-56)45-68(62)77(69)64-30-20-19-29-57(64)51-33-31-50(32-34-51)47-21-11-7-12-22-47/h7-46H,1-6H3. The zero-order valence-electron chi connectivity index (χ0n) is 45.0. The number of hydrogen-bond donors (Lipinski definition) is 0. The molecule has 2 aliphatic rings. The molecule has 4 heteroatoms. The summed E-state index contributed by atoms with van der Waals surface area (Å²) in [6, 6.07) is 91.4. The van der Waals surface area contributed by atoms with Gasteiger partial charge in [0.15, 0.2) is 0 Å². The lowest BCUT2D eigenvalue weighted by atomic mass is 9.33. The van der Waals surface area contributed by atoms with Crippen molar-refractivity contribution >= 4 is 83.8 Å². The highest BCUT2D eigenvalue weighted by molar-refractivity contribution is 7.00. The minimum absolute atomic E-state index is 0.0244. The normalized spacial score (nSPS) is 12.9. The molecule has 0 spiro atoms. The second-order valence-corrected chi connectivity index (χ2v) is 23.7. The Kier molecular flexibility index (Phi) is 10.2. The van der Waals surface area contributed by atoms with E-state index in [1.807, 2.05) is 0 Å². The summed E-state index contributed by atoms with van der Waals surface area (Å²) in [5.74, 6) is 0. The molecular formula is C74H58BN3. The van der Waals surface area contributed by atoms with Gasteiger partial charge in [0.25, 0.3) is 6.71 Å². The van der Waals surface area contributed by atoms with E-state index in [0.29, 0.717) is 0 Å². The van der Waals surface area contributed by atoms with E-state index >= 15 is 0 Å². The molecule has 372 valence electrons. The van der Waals surface area contributed by atoms with Crippen LogP contribution in [-0.2, 0) is 10.8 Å². The van der Waals surface area contributed by atoms with Gasteiger partial charge in [-0.1, -0.05) is 211 Å². The monoisotopic (exact) mass is 999 g/mol. The first-order chi connectivity index (χ1) is 38.0. The highest BCUT2D eigenvalue weighted by Gasteiger charge is 2.44. The SMILES string of the molecule is CC(C)(C)c1ccc2c(c1)c1cc(C(C)(C)C)cc3c1n2-c1cc(-c2ccccc2)cc2c1B3c1cc3c(cc1N2c1ccccc1-c1ccc(-c2ccccc2)cc1)c1cc(-c2ccccc2)ccc1n3-c1ccccc1. The maximum atomic E-state index is 2.64. The topological polar surface area (TPSA) is 13.1 Å². The minimum Gasteiger partial charge on any atom is -0.311 e. The van der Waals surface area contributed by atoms with E-state index in [4.69, 9.17) is 0 Å². The van der Waals surface area contributed by atoms with Crippen LogP contribution in [0.5, 0.6) is 0 Å². The van der Waals surface area contributed by atoms with Gasteiger partial charge in [-0.3, -0.25) is 0 Å². The fourth-order valence-corrected chi connectivity index (χ4v) is 13.0. The van der Waals surface area contributed by atoms with E-state index in [2.05, 4.69) is 298 Å². The molecule has 2 aliphatic heterocycles. The summed E-state index contributed by atoms with van der Waals surface area (Å²) >= 11 is 0. The van der Waals surface area contributed by atoms with Gasteiger partial charge >= 0.3 is 0 Å². The molecule has 15 rings (SSSR count). The third-order valence-electron chi connectivity index (χ3n) is 17.0. The zero-order chi connectivity index (χ0) is 52.6. The van der Waals surface area contributed by atoms with Crippen LogP contribution in [-0.4, -0.2) is 15.8 Å². The summed E-state index contributed by atoms with van der Waals surface area (Å²) in [5, 5.41) is 5.06. The van der Waals surface area contributed by atoms with E-state index in [1.54, 1.807) is 0 Å². The lowest BCUT2D eigenvalue weighted by Gasteiger charge is -2.41. The Labute approximate surface area is 457 Å². The number of nitrogens with zero attached hydrogens (tertiary/aromatic N) is 3. The van der Waals surface area contributed by atoms with Crippen LogP contribution in [0.4, 0.5) is 17.1 Å². The van der Waals surface area contributed by atoms with Crippen LogP contribution in [0.15, 0.2) is 243 Å². The van der Waals surface area contributed by atoms with Crippen LogP contribution in [0.3, 0.4) is 0 Å². The van der Waals surface area contributed by atoms with Crippen LogP contribution in [0.25, 0.3) is 99.5 Å². The summed E-state index contributed by atoms with van der Waals surface area (Å²) in [6.07, 6.45) is 0. The van der Waals surface area contributed by atoms with Crippen LogP contribution < -0.4 is 21.3 Å². The molecule has 0 amide bonds. The van der Waals surface area contributed by atoms with Gasteiger partial charge < -0.3 is 14.0 Å². The minimum atomic E-state index is -0.111. The van der Waals surface area contributed by atoms with Crippen molar-refractivity contribution in [1.29, 1.82) is 0 Å². The highest BCUT2D eigenvalue weighted by Crippen LogP contribution is 2.49. The molecule has 4 heterocycles. The van der Waals surface area contributed by atoms with Gasteiger partial charge in [-0.25, -0.2) is 0 Å². The lowest BCUT2D eigenvalue weighted by molar-refractivity contribution is 0.590. The van der Waals surface area contributed by atoms with E-state index in [9.17, 15) is 0 Å². The third kappa shape index (κ3) is 7.12. The predicted molar refractivity (Wildman–Crippen MR) is 334 cm³/mol. The first kappa shape index (κ1) is 46.2. The number of aromatic nitrogens is 2. The number of anilines is 3. The number of para-hydroxylation sites is 2. The Bertz CT molecular complexity index is 4540. The molecule has 0 atom stereocenters. The van der Waals surface area contributed by atoms with Crippen molar-refractivity contribution in [2.45, 2.75) is 52.4 Å². The van der Waals surface area contributed by atoms with Crippen molar-refractivity contribution in [1.82, 2.24) is 9.13 Å². The van der Waals surface area contributed by atoms with Crippen LogP contribution >= 0.6 is 0 Å². The van der Waals surface area contributed by atoms with Crippen molar-refractivity contribution in [2.75, 3.05) is 4.90 Å². The fourth-order valence-electron chi connectivity index (χ4n) is 13.0. The highest BCUT2D eigenvalue weighted by atomic mass is 15.2. The Balaban J connectivity index is 1.11. The first-order valence-electron chi connectivity index (χ1n) is 27.6. The summed E-state index contributed by atoms with van der Waals surface area (Å²) in [5.41, 5.74) is 26.9. The lowest BCUT2D eigenvalue weighted by Crippen LogP contribution is -2.60. The van der Waals surface area contributed by atoms with Gasteiger partial charge in [0.05, 0.1) is 22.2 Å². The van der Waals surface area contributed by atoms with E-state index in [1.165, 1.54) is 133 Å². The largest absolute Gasteiger partial charge is 0.311 e. The molecule has 3 nitrogen and oxygen atoms in total. The molecule has 0 saturated heterocycles. The Hall–Kier alpha value is -9.12. The van der Waals surface area contributed by atoms with Crippen molar-refractivity contribution in [2.24, 2.45) is 0 Å². The third-order valence-corrected chi connectivity index (χ3v) is 17.0. The molecule has 0 saturated carbocycles. The van der Waals surface area contributed by atoms with Crippen molar-refractivity contribution < 1.29 is 0 Å². The molecule has 0 N–H and O–H groups in total. The fraction of sp³-hybridized carbons (Fsp3) is 0.108. The maximum Gasteiger partial charge on any atom is 0.252 e. The average molecular weight is 1000 g/mol. The molecule has 0 radical (unpaired) electrons. The average Bonchev–Trinajstić information content (AvgIpc) is 3.57. The molecule has 0 aliphatic carbocycles. The Morgan fingerprint density at radius 1 is 0.308 bits per heavy atom. The Morgan fingerprint density at radius 3 is 1.50 bits per heavy atom. The summed E-state index contributed by atoms with van der Waals surface area (Å²) < 4.78 is 5.15. The molecule has 2 aromatic heterocycles. The van der Waals surface area contributed by atoms with Gasteiger partial charge in [0.1, 0.15) is 0 Å². The van der Waals surface area contributed by atoms with Gasteiger partial charge in [-0.2, -0.15) is 0 Å². The molecule has 0 bridgehead atoms. The molecule has 11 aromatic carbocycles. The molecule has 0 unspecified atom stereocenters. The van der Waals surface area contributed by atoms with Gasteiger partial charge in [-0.05, 0) is 150 Å². The van der Waals surface area contributed by atoms with Crippen molar-refractivity contribution in [3.8, 4) is 55.9 Å². The van der Waals surface area contributed by atoms with Crippen molar-refractivity contribution in [3.05, 3.63) is 254 Å². The first-order valence-corrected chi connectivity index (χ1v) is 27.6. The summed E-state index contributed by atoms with van der Waals surface area (Å²) in [7, 11) is 0. The summed E-state index contributed by atoms with van der Waals surface area (Å²) in [4.78, 5) is 2.64. The van der Waals surface area contributed by atoms with E-state index in [-0.39, 0.29) is 17.5 Å². The number of benzene rings is 11. The van der Waals surface area contributed by atoms with E-state index < -0.39 is 0 Å². The number of rotatable bonds is 6. The molecular weight excluding hydrogens is 942 g/mol. The summed E-state index contributed by atoms with van der Waals surface area (Å²) in [6.45, 7) is 14.0. The second-order valence-electron chi connectivity index (χ2n) is 23.7. The van der Waals surface area contributed by atoms with Gasteiger partial charge in [0.2, 0.25) is 0 Å². The second kappa shape index (κ2) is 17.2. The molecule has 0 fully saturated rings. The van der Waals surface area contributed by atoms with Crippen LogP contribution in [0, 0.1) is 0 Å². The maximum absolute atomic E-state index is 2.64. The Morgan fingerprint density at radius 2 is 0.821 bits per heavy atom. The van der Waals surface area contributed by atoms with Gasteiger partial charge in [-0.15, -0.1) is 0 Å². The molecule has 13 aromatic rings. The predicted octanol–water partition coefficient (Wildman–Crippen LogP) is 17.8. The number of fused-ring (bicyclic) bond motifs is 10. The van der Waals surface area contributed by atoms with Crippen molar-refractivity contribution in [3.63, 3.8) is 0 Å². The van der Waals surface area contributed by atoms with E-state index in [0.717, 1.165) is 11.4 Å². The van der Waals surface area contributed by atoms with Crippen LogP contribution in [0.2, 0.25) is 0 Å². The quantitative estimate of drug-likeness (QED) is 0.151.